The summed E-state index contributed by atoms with van der Waals surface area (Å²) in [6, 6.07) is 6.50. The first-order valence-electron chi connectivity index (χ1n) is 9.15. The van der Waals surface area contributed by atoms with Gasteiger partial charge < -0.3 is 15.6 Å². The van der Waals surface area contributed by atoms with Crippen LogP contribution < -0.4 is 5.73 Å². The molecule has 7 nitrogen and oxygen atoms in total. The van der Waals surface area contributed by atoms with E-state index in [-0.39, 0.29) is 17.6 Å². The fraction of sp³-hybridized carbons (Fsp3) is 0.421. The van der Waals surface area contributed by atoms with Gasteiger partial charge in [-0.2, -0.15) is 13.2 Å². The Balaban J connectivity index is 0.000000290. The Morgan fingerprint density at radius 3 is 2.55 bits per heavy atom. The Hall–Kier alpha value is -2.72. The smallest absolute Gasteiger partial charge is 0.391 e. The summed E-state index contributed by atoms with van der Waals surface area (Å²) < 4.78 is 44.6. The van der Waals surface area contributed by atoms with Crippen LogP contribution in [0, 0.1) is 0 Å². The van der Waals surface area contributed by atoms with Gasteiger partial charge in [-0.05, 0) is 43.5 Å². The zero-order valence-corrected chi connectivity index (χ0v) is 15.8. The summed E-state index contributed by atoms with van der Waals surface area (Å²) in [5.74, 6) is -1.46. The van der Waals surface area contributed by atoms with E-state index in [0.717, 1.165) is 31.9 Å². The molecule has 3 N–H and O–H groups in total. The Bertz CT molecular complexity index is 937. The fourth-order valence-corrected chi connectivity index (χ4v) is 2.83. The highest BCUT2D eigenvalue weighted by Gasteiger charge is 2.37. The third-order valence-corrected chi connectivity index (χ3v) is 4.59. The largest absolute Gasteiger partial charge is 0.395 e. The molecule has 4 heterocycles. The number of ether oxygens (including phenoxy) is 1. The summed E-state index contributed by atoms with van der Waals surface area (Å²) in [6.45, 7) is 2.48. The minimum atomic E-state index is -4.29. The van der Waals surface area contributed by atoms with E-state index in [4.69, 9.17) is 15.6 Å². The molecule has 0 radical (unpaired) electrons. The number of nitrogen functional groups attached to an aromatic ring is 1. The highest BCUT2D eigenvalue weighted by atomic mass is 19.4. The number of pyridine rings is 1. The standard InChI is InChI=1S/C14H12F3N5.C5H10O2/c1-8(14(15,16)17)9-2-4-11(19-6-9)12-5-3-10-7-20-13(18)21-22(10)12;6-5-2-1-3-7-4-5/h2-8H,1H3,(H2,18,21);5-6H,1-4H2. The Morgan fingerprint density at radius 2 is 2.00 bits per heavy atom. The Kier molecular flexibility index (Phi) is 6.33. The van der Waals surface area contributed by atoms with Crippen LogP contribution in [0.2, 0.25) is 0 Å². The van der Waals surface area contributed by atoms with Crippen LogP contribution in [0.5, 0.6) is 0 Å². The van der Waals surface area contributed by atoms with Gasteiger partial charge in [0.2, 0.25) is 5.95 Å². The number of aromatic nitrogens is 4. The summed E-state index contributed by atoms with van der Waals surface area (Å²) in [6.07, 6.45) is 0.255. The summed E-state index contributed by atoms with van der Waals surface area (Å²) in [5, 5.41) is 12.9. The quantitative estimate of drug-likeness (QED) is 0.675. The Labute approximate surface area is 165 Å². The van der Waals surface area contributed by atoms with Crippen LogP contribution in [-0.4, -0.2) is 50.2 Å². The lowest BCUT2D eigenvalue weighted by Crippen LogP contribution is -2.21. The van der Waals surface area contributed by atoms with Gasteiger partial charge in [0.15, 0.2) is 0 Å². The van der Waals surface area contributed by atoms with Crippen molar-refractivity contribution in [3.63, 3.8) is 0 Å². The van der Waals surface area contributed by atoms with E-state index in [0.29, 0.717) is 18.0 Å². The van der Waals surface area contributed by atoms with Crippen molar-refractivity contribution in [1.29, 1.82) is 0 Å². The second kappa shape index (κ2) is 8.75. The molecule has 1 aliphatic rings. The SMILES string of the molecule is CC(c1ccc(-c2ccc3cnc(N)nn23)nc1)C(F)(F)F.OC1CCCOC1. The molecule has 2 unspecified atom stereocenters. The summed E-state index contributed by atoms with van der Waals surface area (Å²) in [4.78, 5) is 7.99. The average molecular weight is 409 g/mol. The van der Waals surface area contributed by atoms with Gasteiger partial charge >= 0.3 is 6.18 Å². The van der Waals surface area contributed by atoms with Gasteiger partial charge in [-0.3, -0.25) is 4.98 Å². The highest BCUT2D eigenvalue weighted by molar-refractivity contribution is 5.63. The number of nitrogens with zero attached hydrogens (tertiary/aromatic N) is 4. The first kappa shape index (κ1) is 21.0. The minimum Gasteiger partial charge on any atom is -0.391 e. The van der Waals surface area contributed by atoms with Gasteiger partial charge in [0.25, 0.3) is 0 Å². The summed E-state index contributed by atoms with van der Waals surface area (Å²) in [5.41, 5.74) is 7.54. The van der Waals surface area contributed by atoms with Gasteiger partial charge in [-0.15, -0.1) is 5.10 Å². The zero-order valence-electron chi connectivity index (χ0n) is 15.8. The van der Waals surface area contributed by atoms with Crippen LogP contribution in [0.3, 0.4) is 0 Å². The second-order valence-electron chi connectivity index (χ2n) is 6.78. The molecular formula is C19H22F3N5O2. The normalized spacial score (nSPS) is 18.2. The topological polar surface area (TPSA) is 98.6 Å². The zero-order chi connectivity index (χ0) is 21.0. The number of halogens is 3. The van der Waals surface area contributed by atoms with Crippen molar-refractivity contribution in [3.8, 4) is 11.4 Å². The van der Waals surface area contributed by atoms with E-state index in [2.05, 4.69) is 15.1 Å². The molecule has 4 rings (SSSR count). The first-order chi connectivity index (χ1) is 13.8. The molecular weight excluding hydrogens is 387 g/mol. The number of fused-ring (bicyclic) bond motifs is 1. The maximum Gasteiger partial charge on any atom is 0.395 e. The number of hydrogen-bond donors (Lipinski definition) is 2. The molecule has 0 aliphatic carbocycles. The number of alkyl halides is 3. The molecule has 2 atom stereocenters. The molecule has 0 spiro atoms. The van der Waals surface area contributed by atoms with Crippen molar-refractivity contribution >= 4 is 11.5 Å². The van der Waals surface area contributed by atoms with Crippen LogP contribution in [0.25, 0.3) is 16.9 Å². The van der Waals surface area contributed by atoms with Crippen molar-refractivity contribution in [3.05, 3.63) is 42.2 Å². The monoisotopic (exact) mass is 409 g/mol. The fourth-order valence-electron chi connectivity index (χ4n) is 2.83. The highest BCUT2D eigenvalue weighted by Crippen LogP contribution is 2.34. The molecule has 29 heavy (non-hydrogen) atoms. The number of hydrogen-bond acceptors (Lipinski definition) is 6. The van der Waals surface area contributed by atoms with E-state index in [9.17, 15) is 13.2 Å². The molecule has 1 fully saturated rings. The van der Waals surface area contributed by atoms with E-state index < -0.39 is 12.1 Å². The van der Waals surface area contributed by atoms with E-state index in [1.807, 2.05) is 0 Å². The van der Waals surface area contributed by atoms with Crippen LogP contribution >= 0.6 is 0 Å². The van der Waals surface area contributed by atoms with Crippen molar-refractivity contribution in [1.82, 2.24) is 19.6 Å². The van der Waals surface area contributed by atoms with Gasteiger partial charge in [0, 0.05) is 12.8 Å². The lowest BCUT2D eigenvalue weighted by atomic mass is 10.0. The number of nitrogens with two attached hydrogens (primary N) is 1. The third kappa shape index (κ3) is 5.21. The lowest BCUT2D eigenvalue weighted by Gasteiger charge is -2.15. The van der Waals surface area contributed by atoms with Crippen molar-refractivity contribution in [2.45, 2.75) is 38.0 Å². The van der Waals surface area contributed by atoms with Gasteiger partial charge in [0.05, 0.1) is 41.7 Å². The molecule has 0 saturated carbocycles. The number of aliphatic hydroxyl groups excluding tert-OH is 1. The summed E-state index contributed by atoms with van der Waals surface area (Å²) >= 11 is 0. The minimum absolute atomic E-state index is 0.104. The molecule has 156 valence electrons. The van der Waals surface area contributed by atoms with Crippen LogP contribution in [0.1, 0.15) is 31.2 Å². The van der Waals surface area contributed by atoms with Crippen LogP contribution in [0.15, 0.2) is 36.7 Å². The second-order valence-corrected chi connectivity index (χ2v) is 6.78. The number of anilines is 1. The number of rotatable bonds is 2. The Morgan fingerprint density at radius 1 is 1.21 bits per heavy atom. The molecule has 3 aromatic heterocycles. The predicted octanol–water partition coefficient (Wildman–Crippen LogP) is 3.20. The lowest BCUT2D eigenvalue weighted by molar-refractivity contribution is -0.146. The summed E-state index contributed by atoms with van der Waals surface area (Å²) in [7, 11) is 0. The maximum absolute atomic E-state index is 12.7. The van der Waals surface area contributed by atoms with Crippen LogP contribution in [0.4, 0.5) is 19.1 Å². The van der Waals surface area contributed by atoms with Crippen LogP contribution in [-0.2, 0) is 4.74 Å². The molecule has 0 amide bonds. The van der Waals surface area contributed by atoms with Gasteiger partial charge in [-0.25, -0.2) is 9.50 Å². The molecule has 1 saturated heterocycles. The molecule has 3 aromatic rings. The number of aliphatic hydroxyl groups is 1. The van der Waals surface area contributed by atoms with Crippen molar-refractivity contribution in [2.24, 2.45) is 0 Å². The molecule has 0 aromatic carbocycles. The van der Waals surface area contributed by atoms with E-state index in [1.54, 1.807) is 22.8 Å². The third-order valence-electron chi connectivity index (χ3n) is 4.59. The molecule has 0 bridgehead atoms. The van der Waals surface area contributed by atoms with Crippen molar-refractivity contribution in [2.75, 3.05) is 18.9 Å². The first-order valence-corrected chi connectivity index (χ1v) is 9.15. The molecule has 1 aliphatic heterocycles. The van der Waals surface area contributed by atoms with Crippen molar-refractivity contribution < 1.29 is 23.0 Å². The average Bonchev–Trinajstić information content (AvgIpc) is 3.11. The molecule has 10 heteroatoms. The van der Waals surface area contributed by atoms with Gasteiger partial charge in [0.1, 0.15) is 0 Å². The maximum atomic E-state index is 12.7. The van der Waals surface area contributed by atoms with Gasteiger partial charge in [-0.1, -0.05) is 6.07 Å². The van der Waals surface area contributed by atoms with E-state index >= 15 is 0 Å². The predicted molar refractivity (Wildman–Crippen MR) is 101 cm³/mol. The van der Waals surface area contributed by atoms with E-state index in [1.165, 1.54) is 18.3 Å².